The lowest BCUT2D eigenvalue weighted by Gasteiger charge is -2.19. The van der Waals surface area contributed by atoms with Crippen LogP contribution in [0.2, 0.25) is 0 Å². The summed E-state index contributed by atoms with van der Waals surface area (Å²) in [5.74, 6) is 2.56. The van der Waals surface area contributed by atoms with Crippen LogP contribution in [0.3, 0.4) is 0 Å². The number of hydrogen-bond donors (Lipinski definition) is 2. The molecule has 0 spiro atoms. The van der Waals surface area contributed by atoms with E-state index in [1.54, 1.807) is 14.2 Å². The van der Waals surface area contributed by atoms with E-state index in [1.165, 1.54) is 0 Å². The van der Waals surface area contributed by atoms with Gasteiger partial charge in [0.1, 0.15) is 29.4 Å². The number of nitrogens with one attached hydrogen (secondary N) is 2. The first-order valence-corrected chi connectivity index (χ1v) is 14.7. The summed E-state index contributed by atoms with van der Waals surface area (Å²) in [6, 6.07) is 11.4. The molecule has 1 fully saturated rings. The predicted molar refractivity (Wildman–Crippen MR) is 165 cm³/mol. The quantitative estimate of drug-likeness (QED) is 0.216. The van der Waals surface area contributed by atoms with E-state index in [1.807, 2.05) is 43.3 Å². The van der Waals surface area contributed by atoms with E-state index in [4.69, 9.17) is 14.2 Å². The topological polar surface area (TPSA) is 114 Å². The summed E-state index contributed by atoms with van der Waals surface area (Å²) in [6.45, 7) is 9.78. The smallest absolute Gasteiger partial charge is 0.257 e. The Balaban J connectivity index is 1.47. The minimum Gasteiger partial charge on any atom is -0.497 e. The first-order chi connectivity index (χ1) is 20.4. The highest BCUT2D eigenvalue weighted by Gasteiger charge is 2.28. The van der Waals surface area contributed by atoms with Gasteiger partial charge in [-0.2, -0.15) is 4.98 Å². The van der Waals surface area contributed by atoms with Crippen LogP contribution in [0.15, 0.2) is 41.2 Å². The van der Waals surface area contributed by atoms with Gasteiger partial charge in [0, 0.05) is 18.3 Å². The molecule has 1 aliphatic carbocycles. The number of aromatic amines is 1. The summed E-state index contributed by atoms with van der Waals surface area (Å²) in [5.41, 5.74) is 4.69. The third-order valence-electron chi connectivity index (χ3n) is 8.17. The van der Waals surface area contributed by atoms with E-state index < -0.39 is 0 Å². The van der Waals surface area contributed by atoms with Gasteiger partial charge in [0.15, 0.2) is 5.65 Å². The fourth-order valence-electron chi connectivity index (χ4n) is 5.79. The van der Waals surface area contributed by atoms with E-state index in [2.05, 4.69) is 44.2 Å². The van der Waals surface area contributed by atoms with E-state index in [0.29, 0.717) is 40.8 Å². The number of aromatic nitrogens is 4. The van der Waals surface area contributed by atoms with Crippen LogP contribution < -0.4 is 25.1 Å². The van der Waals surface area contributed by atoms with Crippen molar-refractivity contribution in [1.82, 2.24) is 25.1 Å². The highest BCUT2D eigenvalue weighted by atomic mass is 16.5. The van der Waals surface area contributed by atoms with Crippen LogP contribution in [0, 0.1) is 6.92 Å². The van der Waals surface area contributed by atoms with E-state index in [9.17, 15) is 4.79 Å². The molecular weight excluding hydrogens is 532 g/mol. The molecule has 10 heteroatoms. The molecule has 2 N–H and O–H groups in total. The zero-order chi connectivity index (χ0) is 29.6. The number of ether oxygens (including phenoxy) is 3. The van der Waals surface area contributed by atoms with Gasteiger partial charge in [0.2, 0.25) is 5.95 Å². The normalized spacial score (nSPS) is 13.6. The Morgan fingerprint density at radius 3 is 2.40 bits per heavy atom. The van der Waals surface area contributed by atoms with Crippen molar-refractivity contribution in [1.29, 1.82) is 0 Å². The molecule has 1 aliphatic rings. The van der Waals surface area contributed by atoms with Crippen molar-refractivity contribution in [3.05, 3.63) is 57.9 Å². The number of nitrogens with zero attached hydrogens (tertiary/aromatic N) is 4. The molecule has 10 nitrogen and oxygen atoms in total. The van der Waals surface area contributed by atoms with E-state index in [-0.39, 0.29) is 11.5 Å². The molecule has 0 amide bonds. The summed E-state index contributed by atoms with van der Waals surface area (Å²) >= 11 is 0. The van der Waals surface area contributed by atoms with Crippen LogP contribution in [0.4, 0.5) is 11.6 Å². The molecule has 2 aromatic heterocycles. The molecule has 0 aliphatic heterocycles. The SMILES string of the molecule is CCN(CC)CCOc1ccc(Nc2nnc3c(C4CCCC4)c(-c4cc(OC)cc(OC)c4C)c(=O)[nH]c3n2)cc1. The number of rotatable bonds is 12. The van der Waals surface area contributed by atoms with Crippen molar-refractivity contribution in [2.24, 2.45) is 0 Å². The number of H-pyrrole nitrogens is 1. The van der Waals surface area contributed by atoms with Crippen LogP contribution in [0.5, 0.6) is 17.2 Å². The van der Waals surface area contributed by atoms with Crippen LogP contribution in [-0.2, 0) is 0 Å². The largest absolute Gasteiger partial charge is 0.497 e. The zero-order valence-electron chi connectivity index (χ0n) is 25.1. The van der Waals surface area contributed by atoms with Crippen LogP contribution in [0.25, 0.3) is 22.3 Å². The Hall–Kier alpha value is -4.18. The Morgan fingerprint density at radius 1 is 1.00 bits per heavy atom. The molecule has 4 aromatic rings. The molecule has 1 saturated carbocycles. The number of fused-ring (bicyclic) bond motifs is 1. The predicted octanol–water partition coefficient (Wildman–Crippen LogP) is 5.83. The minimum absolute atomic E-state index is 0.186. The monoisotopic (exact) mass is 572 g/mol. The van der Waals surface area contributed by atoms with Gasteiger partial charge in [-0.05, 0) is 85.8 Å². The van der Waals surface area contributed by atoms with Gasteiger partial charge >= 0.3 is 0 Å². The second-order valence-corrected chi connectivity index (χ2v) is 10.6. The number of hydrogen-bond acceptors (Lipinski definition) is 9. The molecular formula is C32H40N6O4. The zero-order valence-corrected chi connectivity index (χ0v) is 25.1. The minimum atomic E-state index is -0.222. The highest BCUT2D eigenvalue weighted by Crippen LogP contribution is 2.43. The average Bonchev–Trinajstić information content (AvgIpc) is 3.54. The summed E-state index contributed by atoms with van der Waals surface area (Å²) in [7, 11) is 3.22. The maximum atomic E-state index is 13.8. The van der Waals surface area contributed by atoms with Gasteiger partial charge in [-0.15, -0.1) is 10.2 Å². The lowest BCUT2D eigenvalue weighted by atomic mass is 9.88. The van der Waals surface area contributed by atoms with Crippen molar-refractivity contribution >= 4 is 22.8 Å². The summed E-state index contributed by atoms with van der Waals surface area (Å²) < 4.78 is 17.0. The molecule has 42 heavy (non-hydrogen) atoms. The van der Waals surface area contributed by atoms with Crippen molar-refractivity contribution in [2.75, 3.05) is 45.8 Å². The lowest BCUT2D eigenvalue weighted by molar-refractivity contribution is 0.223. The Labute approximate surface area is 246 Å². The Kier molecular flexibility index (Phi) is 9.22. The number of anilines is 2. The highest BCUT2D eigenvalue weighted by molar-refractivity contribution is 5.86. The van der Waals surface area contributed by atoms with Crippen molar-refractivity contribution in [2.45, 2.75) is 52.4 Å². The molecule has 0 bridgehead atoms. The van der Waals surface area contributed by atoms with Crippen molar-refractivity contribution < 1.29 is 14.2 Å². The van der Waals surface area contributed by atoms with E-state index in [0.717, 1.165) is 73.4 Å². The summed E-state index contributed by atoms with van der Waals surface area (Å²) in [4.78, 5) is 23.8. The van der Waals surface area contributed by atoms with Crippen molar-refractivity contribution in [3.8, 4) is 28.4 Å². The van der Waals surface area contributed by atoms with Gasteiger partial charge in [-0.3, -0.25) is 4.79 Å². The third kappa shape index (κ3) is 6.18. The van der Waals surface area contributed by atoms with Gasteiger partial charge in [0.05, 0.1) is 19.8 Å². The fraction of sp³-hybridized carbons (Fsp3) is 0.438. The van der Waals surface area contributed by atoms with E-state index >= 15 is 0 Å². The van der Waals surface area contributed by atoms with Gasteiger partial charge in [0.25, 0.3) is 5.56 Å². The summed E-state index contributed by atoms with van der Waals surface area (Å²) in [6.07, 6.45) is 4.18. The maximum absolute atomic E-state index is 13.8. The summed E-state index contributed by atoms with van der Waals surface area (Å²) in [5, 5.41) is 12.2. The van der Waals surface area contributed by atoms with Crippen LogP contribution in [-0.4, -0.2) is 65.5 Å². The molecule has 5 rings (SSSR count). The van der Waals surface area contributed by atoms with Gasteiger partial charge in [-0.25, -0.2) is 0 Å². The molecule has 0 atom stereocenters. The second kappa shape index (κ2) is 13.2. The Bertz CT molecular complexity index is 1580. The molecule has 0 unspecified atom stereocenters. The van der Waals surface area contributed by atoms with Gasteiger partial charge in [-0.1, -0.05) is 26.7 Å². The average molecular weight is 573 g/mol. The standard InChI is InChI=1S/C32H40N6O4/c1-6-38(7-2)16-17-42-23-14-12-22(13-15-23)33-32-35-30-29(36-37-32)27(21-10-8-9-11-21)28(31(39)34-30)25-18-24(40-4)19-26(41-5)20(25)3/h12-15,18-19,21H,6-11,16-17H2,1-5H3,(H2,33,34,35,37,39). The van der Waals surface area contributed by atoms with Crippen LogP contribution in [0.1, 0.15) is 56.6 Å². The third-order valence-corrected chi connectivity index (χ3v) is 8.17. The molecule has 0 saturated heterocycles. The number of likely N-dealkylation sites (N-methyl/N-ethyl adjacent to an activating group) is 1. The maximum Gasteiger partial charge on any atom is 0.257 e. The molecule has 2 aromatic carbocycles. The Morgan fingerprint density at radius 2 is 1.74 bits per heavy atom. The van der Waals surface area contributed by atoms with Crippen molar-refractivity contribution in [3.63, 3.8) is 0 Å². The first-order valence-electron chi connectivity index (χ1n) is 14.7. The lowest BCUT2D eigenvalue weighted by Crippen LogP contribution is -2.27. The molecule has 2 heterocycles. The van der Waals surface area contributed by atoms with Gasteiger partial charge < -0.3 is 29.4 Å². The number of pyridine rings is 1. The second-order valence-electron chi connectivity index (χ2n) is 10.6. The molecule has 222 valence electrons. The molecule has 0 radical (unpaired) electrons. The van der Waals surface area contributed by atoms with Crippen LogP contribution >= 0.6 is 0 Å². The fourth-order valence-corrected chi connectivity index (χ4v) is 5.79. The number of methoxy groups -OCH3 is 2. The number of benzene rings is 2. The first kappa shape index (κ1) is 29.3.